The van der Waals surface area contributed by atoms with E-state index >= 15 is 0 Å². The monoisotopic (exact) mass is 182 g/mol. The van der Waals surface area contributed by atoms with Gasteiger partial charge in [0.05, 0.1) is 0 Å². The molecule has 0 heterocycles. The average Bonchev–Trinajstić information content (AvgIpc) is 2.00. The van der Waals surface area contributed by atoms with Crippen LogP contribution in [0.4, 0.5) is 0 Å². The van der Waals surface area contributed by atoms with Crippen molar-refractivity contribution in [3.8, 4) is 0 Å². The van der Waals surface area contributed by atoms with Crippen molar-refractivity contribution in [2.24, 2.45) is 0 Å². The second-order valence-electron chi connectivity index (χ2n) is 2.90. The van der Waals surface area contributed by atoms with Crippen molar-refractivity contribution in [3.05, 3.63) is 33.8 Å². The van der Waals surface area contributed by atoms with Crippen LogP contribution in [0.3, 0.4) is 0 Å². The van der Waals surface area contributed by atoms with Crippen LogP contribution >= 0.6 is 11.6 Å². The highest BCUT2D eigenvalue weighted by Gasteiger charge is 2.07. The highest BCUT2D eigenvalue weighted by atomic mass is 35.5. The minimum absolute atomic E-state index is 0.0901. The summed E-state index contributed by atoms with van der Waals surface area (Å²) in [7, 11) is 0. The molecular formula is C10H11ClO. The Bertz CT molecular complexity index is 329. The molecule has 0 aliphatic rings. The van der Waals surface area contributed by atoms with E-state index < -0.39 is 0 Å². The van der Waals surface area contributed by atoms with Gasteiger partial charge in [-0.15, -0.1) is 0 Å². The molecule has 0 spiro atoms. The molecule has 1 rings (SSSR count). The smallest absolute Gasteiger partial charge is 0.160 e. The maximum Gasteiger partial charge on any atom is 0.160 e. The Morgan fingerprint density at radius 2 is 1.83 bits per heavy atom. The Kier molecular flexibility index (Phi) is 2.53. The summed E-state index contributed by atoms with van der Waals surface area (Å²) in [5.41, 5.74) is 2.73. The van der Waals surface area contributed by atoms with Crippen LogP contribution in [0.2, 0.25) is 5.02 Å². The number of Topliss-reactive ketones (excluding diaryl/α,β-unsaturated/α-hetero) is 1. The molecule has 0 atom stereocenters. The molecule has 1 nitrogen and oxygen atoms in total. The molecule has 1 aromatic carbocycles. The molecule has 0 aliphatic carbocycles. The van der Waals surface area contributed by atoms with Gasteiger partial charge in [0, 0.05) is 10.6 Å². The Labute approximate surface area is 77.4 Å². The van der Waals surface area contributed by atoms with Crippen LogP contribution in [0.15, 0.2) is 12.1 Å². The third kappa shape index (κ3) is 1.51. The van der Waals surface area contributed by atoms with E-state index in [2.05, 4.69) is 0 Å². The van der Waals surface area contributed by atoms with Gasteiger partial charge >= 0.3 is 0 Å². The first-order valence-corrected chi connectivity index (χ1v) is 4.18. The van der Waals surface area contributed by atoms with Crippen molar-refractivity contribution in [1.29, 1.82) is 0 Å². The normalized spacial score (nSPS) is 10.0. The number of hydrogen-bond acceptors (Lipinski definition) is 1. The zero-order valence-electron chi connectivity index (χ0n) is 7.44. The van der Waals surface area contributed by atoms with Gasteiger partial charge in [-0.1, -0.05) is 11.6 Å². The number of ketones is 1. The second-order valence-corrected chi connectivity index (χ2v) is 3.31. The van der Waals surface area contributed by atoms with E-state index in [-0.39, 0.29) is 5.78 Å². The van der Waals surface area contributed by atoms with Gasteiger partial charge in [-0.2, -0.15) is 0 Å². The highest BCUT2D eigenvalue weighted by Crippen LogP contribution is 2.21. The lowest BCUT2D eigenvalue weighted by Gasteiger charge is -2.06. The Hall–Kier alpha value is -0.820. The van der Waals surface area contributed by atoms with E-state index in [1.54, 1.807) is 19.1 Å². The van der Waals surface area contributed by atoms with Gasteiger partial charge in [-0.3, -0.25) is 4.79 Å². The predicted octanol–water partition coefficient (Wildman–Crippen LogP) is 3.16. The molecule has 2 heteroatoms. The summed E-state index contributed by atoms with van der Waals surface area (Å²) in [4.78, 5) is 11.1. The lowest BCUT2D eigenvalue weighted by Crippen LogP contribution is -1.97. The molecule has 0 unspecified atom stereocenters. The van der Waals surface area contributed by atoms with Crippen molar-refractivity contribution < 1.29 is 4.79 Å². The highest BCUT2D eigenvalue weighted by molar-refractivity contribution is 6.31. The summed E-state index contributed by atoms with van der Waals surface area (Å²) in [6.45, 7) is 5.40. The minimum atomic E-state index is 0.0901. The van der Waals surface area contributed by atoms with Gasteiger partial charge in [0.1, 0.15) is 0 Å². The molecule has 0 aromatic heterocycles. The summed E-state index contributed by atoms with van der Waals surface area (Å²) < 4.78 is 0. The molecule has 0 saturated heterocycles. The molecular weight excluding hydrogens is 172 g/mol. The van der Waals surface area contributed by atoms with Crippen LogP contribution in [0.25, 0.3) is 0 Å². The molecule has 12 heavy (non-hydrogen) atoms. The molecule has 1 aromatic rings. The quantitative estimate of drug-likeness (QED) is 0.610. The van der Waals surface area contributed by atoms with E-state index in [9.17, 15) is 4.79 Å². The Morgan fingerprint density at radius 1 is 1.25 bits per heavy atom. The SMILES string of the molecule is CC(=O)c1ccc(Cl)c(C)c1C. The van der Waals surface area contributed by atoms with Crippen molar-refractivity contribution in [2.75, 3.05) is 0 Å². The molecule has 0 radical (unpaired) electrons. The lowest BCUT2D eigenvalue weighted by molar-refractivity contribution is 0.101. The van der Waals surface area contributed by atoms with Gasteiger partial charge in [0.15, 0.2) is 5.78 Å². The van der Waals surface area contributed by atoms with Crippen LogP contribution in [0.5, 0.6) is 0 Å². The molecule has 0 bridgehead atoms. The van der Waals surface area contributed by atoms with Gasteiger partial charge in [0.2, 0.25) is 0 Å². The first-order valence-electron chi connectivity index (χ1n) is 3.80. The van der Waals surface area contributed by atoms with Crippen molar-refractivity contribution in [3.63, 3.8) is 0 Å². The van der Waals surface area contributed by atoms with E-state index in [1.807, 2.05) is 13.8 Å². The van der Waals surface area contributed by atoms with Crippen LogP contribution in [0.1, 0.15) is 28.4 Å². The van der Waals surface area contributed by atoms with Gasteiger partial charge in [0.25, 0.3) is 0 Å². The van der Waals surface area contributed by atoms with Crippen LogP contribution in [-0.4, -0.2) is 5.78 Å². The van der Waals surface area contributed by atoms with Crippen molar-refractivity contribution in [2.45, 2.75) is 20.8 Å². The summed E-state index contributed by atoms with van der Waals surface area (Å²) in [5.74, 6) is 0.0901. The number of halogens is 1. The number of rotatable bonds is 1. The number of benzene rings is 1. The maximum atomic E-state index is 11.1. The molecule has 0 N–H and O–H groups in total. The van der Waals surface area contributed by atoms with Crippen LogP contribution in [0, 0.1) is 13.8 Å². The van der Waals surface area contributed by atoms with Gasteiger partial charge in [-0.05, 0) is 44.0 Å². The van der Waals surface area contributed by atoms with Gasteiger partial charge in [-0.25, -0.2) is 0 Å². The standard InChI is InChI=1S/C10H11ClO/c1-6-7(2)10(11)5-4-9(6)8(3)12/h4-5H,1-3H3. The first-order chi connectivity index (χ1) is 5.54. The zero-order valence-corrected chi connectivity index (χ0v) is 8.20. The zero-order chi connectivity index (χ0) is 9.30. The Balaban J connectivity index is 3.36. The van der Waals surface area contributed by atoms with Crippen molar-refractivity contribution >= 4 is 17.4 Å². The summed E-state index contributed by atoms with van der Waals surface area (Å²) in [6.07, 6.45) is 0. The van der Waals surface area contributed by atoms with E-state index in [1.165, 1.54) is 0 Å². The van der Waals surface area contributed by atoms with E-state index in [4.69, 9.17) is 11.6 Å². The molecule has 0 saturated carbocycles. The molecule has 64 valence electrons. The number of carbonyl (C=O) groups is 1. The maximum absolute atomic E-state index is 11.1. The predicted molar refractivity (Wildman–Crippen MR) is 50.9 cm³/mol. The summed E-state index contributed by atoms with van der Waals surface area (Å²) in [5, 5.41) is 0.720. The molecule has 0 amide bonds. The Morgan fingerprint density at radius 3 is 2.33 bits per heavy atom. The third-order valence-corrected chi connectivity index (χ3v) is 2.51. The summed E-state index contributed by atoms with van der Waals surface area (Å²) >= 11 is 5.88. The number of carbonyl (C=O) groups excluding carboxylic acids is 1. The fraction of sp³-hybridized carbons (Fsp3) is 0.300. The third-order valence-electron chi connectivity index (χ3n) is 2.10. The van der Waals surface area contributed by atoms with E-state index in [0.29, 0.717) is 0 Å². The van der Waals surface area contributed by atoms with Crippen molar-refractivity contribution in [1.82, 2.24) is 0 Å². The molecule has 0 aliphatic heterocycles. The minimum Gasteiger partial charge on any atom is -0.295 e. The summed E-state index contributed by atoms with van der Waals surface area (Å²) in [6, 6.07) is 3.54. The fourth-order valence-electron chi connectivity index (χ4n) is 1.17. The van der Waals surface area contributed by atoms with Gasteiger partial charge < -0.3 is 0 Å². The van der Waals surface area contributed by atoms with Crippen LogP contribution < -0.4 is 0 Å². The molecule has 0 fully saturated rings. The average molecular weight is 183 g/mol. The van der Waals surface area contributed by atoms with E-state index in [0.717, 1.165) is 21.7 Å². The largest absolute Gasteiger partial charge is 0.295 e. The second kappa shape index (κ2) is 3.28. The topological polar surface area (TPSA) is 17.1 Å². The first kappa shape index (κ1) is 9.27. The number of hydrogen-bond donors (Lipinski definition) is 0. The lowest BCUT2D eigenvalue weighted by atomic mass is 10.0. The fourth-order valence-corrected chi connectivity index (χ4v) is 1.37. The van der Waals surface area contributed by atoms with Crippen LogP contribution in [-0.2, 0) is 0 Å².